The predicted molar refractivity (Wildman–Crippen MR) is 240 cm³/mol. The minimum atomic E-state index is -4.12. The molecule has 0 atom stereocenters. The number of aliphatic imine (C=N–C) groups is 2. The van der Waals surface area contributed by atoms with Crippen LogP contribution in [0.4, 0.5) is 22.7 Å². The number of anilines is 2. The Kier molecular flexibility index (Phi) is 18.6. The number of likely N-dealkylation sites (N-methyl/N-ethyl adjacent to an activating group) is 1. The summed E-state index contributed by atoms with van der Waals surface area (Å²) in [5.74, 6) is -1.31. The van der Waals surface area contributed by atoms with Gasteiger partial charge in [-0.1, -0.05) is 89.7 Å². The van der Waals surface area contributed by atoms with Crippen molar-refractivity contribution in [1.29, 1.82) is 0 Å². The number of rotatable bonds is 25. The number of fused-ring (bicyclic) bond motifs is 1. The number of benzene rings is 3. The SMILES string of the molecule is CCCCCCCCCCCCCCOC(=O)c1ccc(OC)c(NC(=O)C(=Nc2ccc(N(CC)CCNS(C)(=O)=O)cc2C)C2=Nc3ccccc3S(=O)(=O)N2C)c1. The summed E-state index contributed by atoms with van der Waals surface area (Å²) < 4.78 is 65.2. The number of hydrogen-bond acceptors (Lipinski definition) is 11. The Hall–Kier alpha value is -4.80. The molecule has 0 saturated carbocycles. The largest absolute Gasteiger partial charge is 0.495 e. The third-order valence-electron chi connectivity index (χ3n) is 10.3. The van der Waals surface area contributed by atoms with E-state index in [9.17, 15) is 26.4 Å². The zero-order valence-corrected chi connectivity index (χ0v) is 37.6. The third kappa shape index (κ3) is 13.9. The van der Waals surface area contributed by atoms with Crippen LogP contribution in [-0.4, -0.2) is 91.2 Å². The number of aryl methyl sites for hydroxylation is 1. The van der Waals surface area contributed by atoms with Crippen molar-refractivity contribution in [1.82, 2.24) is 9.03 Å². The Morgan fingerprint density at radius 3 is 2.15 bits per heavy atom. The van der Waals surface area contributed by atoms with Gasteiger partial charge in [-0.25, -0.2) is 36.3 Å². The molecule has 0 fully saturated rings. The summed E-state index contributed by atoms with van der Waals surface area (Å²) in [5.41, 5.74) is 2.00. The van der Waals surface area contributed by atoms with Gasteiger partial charge in [0.15, 0.2) is 11.5 Å². The second-order valence-electron chi connectivity index (χ2n) is 14.9. The lowest BCUT2D eigenvalue weighted by molar-refractivity contribution is -0.110. The molecule has 1 amide bonds. The molecule has 1 heterocycles. The van der Waals surface area contributed by atoms with E-state index in [1.165, 1.54) is 84.1 Å². The number of nitrogens with zero attached hydrogens (tertiary/aromatic N) is 4. The first-order chi connectivity index (χ1) is 28.7. The summed E-state index contributed by atoms with van der Waals surface area (Å²) in [7, 11) is -4.74. The maximum Gasteiger partial charge on any atom is 0.338 e. The topological polar surface area (TPSA) is 176 Å². The van der Waals surface area contributed by atoms with Crippen LogP contribution in [0.3, 0.4) is 0 Å². The van der Waals surface area contributed by atoms with E-state index in [-0.39, 0.29) is 52.3 Å². The number of sulfonamides is 2. The second kappa shape index (κ2) is 23.3. The fourth-order valence-electron chi connectivity index (χ4n) is 6.84. The first-order valence-corrected chi connectivity index (χ1v) is 24.3. The number of hydrogen-bond donors (Lipinski definition) is 2. The molecule has 1 aliphatic rings. The molecule has 3 aromatic rings. The van der Waals surface area contributed by atoms with Crippen molar-refractivity contribution >= 4 is 66.2 Å². The van der Waals surface area contributed by atoms with Gasteiger partial charge in [0, 0.05) is 32.4 Å². The van der Waals surface area contributed by atoms with Crippen molar-refractivity contribution in [3.05, 3.63) is 71.8 Å². The molecule has 0 unspecified atom stereocenters. The van der Waals surface area contributed by atoms with Gasteiger partial charge in [-0.3, -0.25) is 9.10 Å². The van der Waals surface area contributed by atoms with Crippen LogP contribution < -0.4 is 19.7 Å². The van der Waals surface area contributed by atoms with Crippen molar-refractivity contribution in [3.8, 4) is 5.75 Å². The van der Waals surface area contributed by atoms with E-state index in [0.29, 0.717) is 24.3 Å². The molecule has 0 radical (unpaired) electrons. The molecule has 2 N–H and O–H groups in total. The van der Waals surface area contributed by atoms with Crippen molar-refractivity contribution in [2.45, 2.75) is 103 Å². The minimum absolute atomic E-state index is 0.0158. The van der Waals surface area contributed by atoms with Crippen LogP contribution in [0.5, 0.6) is 5.75 Å². The Balaban J connectivity index is 1.53. The van der Waals surface area contributed by atoms with Crippen LogP contribution in [0, 0.1) is 6.92 Å². The van der Waals surface area contributed by atoms with Gasteiger partial charge in [-0.05, 0) is 74.4 Å². The molecular weight excluding hydrogens is 805 g/mol. The quantitative estimate of drug-likeness (QED) is 0.0482. The van der Waals surface area contributed by atoms with Gasteiger partial charge in [0.05, 0.1) is 42.6 Å². The fraction of sp³-hybridized carbons (Fsp3) is 0.500. The van der Waals surface area contributed by atoms with Crippen LogP contribution in [0.15, 0.2) is 75.5 Å². The standard InChI is InChI=1S/C44H62N6O8S2/c1-7-9-10-11-12-13-14-15-16-17-18-21-30-58-44(52)34-24-27-39(57-5)38(32-34)48-43(51)41(42-47-37-22-19-20-23-40(37)60(55,56)49(42)4)46-36-26-25-35(31-33(36)3)50(8-2)29-28-45-59(6,53)54/h19-20,22-27,31-32,45H,7-18,21,28-30H2,1-6H3,(H,48,51). The maximum atomic E-state index is 14.4. The van der Waals surface area contributed by atoms with E-state index >= 15 is 0 Å². The molecule has 16 heteroatoms. The fourth-order valence-corrected chi connectivity index (χ4v) is 8.58. The maximum absolute atomic E-state index is 14.4. The number of amides is 1. The molecule has 0 aliphatic carbocycles. The Morgan fingerprint density at radius 1 is 0.883 bits per heavy atom. The molecule has 0 bridgehead atoms. The number of unbranched alkanes of at least 4 members (excludes halogenated alkanes) is 11. The molecule has 0 spiro atoms. The van der Waals surface area contributed by atoms with Gasteiger partial charge >= 0.3 is 5.97 Å². The van der Waals surface area contributed by atoms with E-state index in [4.69, 9.17) is 14.5 Å². The van der Waals surface area contributed by atoms with Gasteiger partial charge in [-0.2, -0.15) is 0 Å². The molecule has 1 aliphatic heterocycles. The van der Waals surface area contributed by atoms with Crippen molar-refractivity contribution < 1.29 is 35.9 Å². The number of para-hydroxylation sites is 1. The van der Waals surface area contributed by atoms with Crippen LogP contribution in [-0.2, 0) is 29.6 Å². The summed E-state index contributed by atoms with van der Waals surface area (Å²) in [6.07, 6.45) is 15.5. The highest BCUT2D eigenvalue weighted by atomic mass is 32.2. The summed E-state index contributed by atoms with van der Waals surface area (Å²) >= 11 is 0. The molecule has 0 aromatic heterocycles. The number of carbonyl (C=O) groups is 2. The number of nitrogens with one attached hydrogen (secondary N) is 2. The smallest absolute Gasteiger partial charge is 0.338 e. The van der Waals surface area contributed by atoms with Gasteiger partial charge in [-0.15, -0.1) is 0 Å². The lowest BCUT2D eigenvalue weighted by atomic mass is 10.1. The Bertz CT molecular complexity index is 2210. The normalized spacial score (nSPS) is 13.7. The highest BCUT2D eigenvalue weighted by molar-refractivity contribution is 7.90. The van der Waals surface area contributed by atoms with Crippen molar-refractivity contribution in [3.63, 3.8) is 0 Å². The monoisotopic (exact) mass is 866 g/mol. The average molecular weight is 867 g/mol. The summed E-state index contributed by atoms with van der Waals surface area (Å²) in [6.45, 7) is 7.46. The molecule has 4 rings (SSSR count). The highest BCUT2D eigenvalue weighted by Crippen LogP contribution is 2.33. The van der Waals surface area contributed by atoms with E-state index in [2.05, 4.69) is 22.0 Å². The zero-order chi connectivity index (χ0) is 43.7. The van der Waals surface area contributed by atoms with Crippen LogP contribution in [0.2, 0.25) is 0 Å². The predicted octanol–water partition coefficient (Wildman–Crippen LogP) is 8.31. The van der Waals surface area contributed by atoms with Crippen LogP contribution in [0.25, 0.3) is 0 Å². The number of carbonyl (C=O) groups excluding carboxylic acids is 2. The van der Waals surface area contributed by atoms with E-state index < -0.39 is 31.9 Å². The first-order valence-electron chi connectivity index (χ1n) is 20.9. The van der Waals surface area contributed by atoms with Crippen molar-refractivity contribution in [2.24, 2.45) is 9.98 Å². The van der Waals surface area contributed by atoms with E-state index in [1.807, 2.05) is 17.9 Å². The van der Waals surface area contributed by atoms with Gasteiger partial charge in [0.2, 0.25) is 10.0 Å². The van der Waals surface area contributed by atoms with Gasteiger partial charge < -0.3 is 19.7 Å². The van der Waals surface area contributed by atoms with Crippen LogP contribution >= 0.6 is 0 Å². The Morgan fingerprint density at radius 2 is 1.53 bits per heavy atom. The molecule has 3 aromatic carbocycles. The van der Waals surface area contributed by atoms with Gasteiger partial charge in [0.25, 0.3) is 15.9 Å². The Labute approximate surface area is 357 Å². The second-order valence-corrected chi connectivity index (χ2v) is 18.7. The van der Waals surface area contributed by atoms with Crippen LogP contribution in [0.1, 0.15) is 107 Å². The number of amidine groups is 1. The lowest BCUT2D eigenvalue weighted by Gasteiger charge is -2.27. The number of ether oxygens (including phenoxy) is 2. The van der Waals surface area contributed by atoms with Gasteiger partial charge in [0.1, 0.15) is 10.6 Å². The molecule has 60 heavy (non-hydrogen) atoms. The summed E-state index contributed by atoms with van der Waals surface area (Å²) in [6, 6.07) is 16.1. The first kappa shape index (κ1) is 47.9. The number of methoxy groups -OCH3 is 1. The minimum Gasteiger partial charge on any atom is -0.495 e. The lowest BCUT2D eigenvalue weighted by Crippen LogP contribution is -2.44. The molecular formula is C44H62N6O8S2. The third-order valence-corrected chi connectivity index (χ3v) is 12.8. The highest BCUT2D eigenvalue weighted by Gasteiger charge is 2.36. The molecule has 0 saturated heterocycles. The zero-order valence-electron chi connectivity index (χ0n) is 36.0. The van der Waals surface area contributed by atoms with E-state index in [1.54, 1.807) is 49.4 Å². The average Bonchev–Trinajstić information content (AvgIpc) is 3.21. The summed E-state index contributed by atoms with van der Waals surface area (Å²) in [5, 5.41) is 2.79. The molecule has 328 valence electrons. The van der Waals surface area contributed by atoms with Crippen molar-refractivity contribution in [2.75, 3.05) is 56.9 Å². The van der Waals surface area contributed by atoms with E-state index in [0.717, 1.165) is 35.5 Å². The number of esters is 1. The molecule has 14 nitrogen and oxygen atoms in total. The summed E-state index contributed by atoms with van der Waals surface area (Å²) in [4.78, 5) is 38.8.